The number of carbonyl (C=O) groups excluding carboxylic acids is 2. The number of methoxy groups -OCH3 is 1. The molecular weight excluding hydrogens is 443 g/mol. The minimum absolute atomic E-state index is 0.143. The average Bonchev–Trinajstić information content (AvgIpc) is 2.72. The molecule has 0 saturated heterocycles. The smallest absolute Gasteiger partial charge is 0.257 e. The fourth-order valence-electron chi connectivity index (χ4n) is 2.58. The third kappa shape index (κ3) is 6.16. The first-order chi connectivity index (χ1) is 14.4. The fourth-order valence-corrected chi connectivity index (χ4v) is 3.83. The van der Waals surface area contributed by atoms with Crippen LogP contribution in [0.5, 0.6) is 5.75 Å². The summed E-state index contributed by atoms with van der Waals surface area (Å²) in [5.41, 5.74) is 1.60. The number of hydrogen-bond donors (Lipinski definition) is 2. The Balaban J connectivity index is 1.58. The van der Waals surface area contributed by atoms with Crippen LogP contribution in [-0.2, 0) is 4.79 Å². The molecule has 0 bridgehead atoms. The van der Waals surface area contributed by atoms with Gasteiger partial charge in [0.2, 0.25) is 5.91 Å². The van der Waals surface area contributed by atoms with Crippen molar-refractivity contribution in [3.8, 4) is 5.75 Å². The van der Waals surface area contributed by atoms with E-state index in [1.807, 2.05) is 6.07 Å². The van der Waals surface area contributed by atoms with Gasteiger partial charge in [-0.25, -0.2) is 0 Å². The summed E-state index contributed by atoms with van der Waals surface area (Å²) in [4.78, 5) is 25.5. The molecule has 0 aliphatic rings. The monoisotopic (exact) mass is 460 g/mol. The second-order valence-electron chi connectivity index (χ2n) is 6.17. The number of ether oxygens (including phenoxy) is 1. The summed E-state index contributed by atoms with van der Waals surface area (Å²) in [7, 11) is 1.57. The first kappa shape index (κ1) is 22.0. The van der Waals surface area contributed by atoms with E-state index >= 15 is 0 Å². The van der Waals surface area contributed by atoms with Crippen LogP contribution in [0, 0.1) is 0 Å². The Kier molecular flexibility index (Phi) is 7.63. The van der Waals surface area contributed by atoms with Gasteiger partial charge >= 0.3 is 0 Å². The highest BCUT2D eigenvalue weighted by atomic mass is 35.5. The van der Waals surface area contributed by atoms with Crippen LogP contribution < -0.4 is 15.4 Å². The molecule has 0 atom stereocenters. The van der Waals surface area contributed by atoms with E-state index in [9.17, 15) is 9.59 Å². The predicted octanol–water partition coefficient (Wildman–Crippen LogP) is 5.99. The molecule has 0 aromatic heterocycles. The van der Waals surface area contributed by atoms with Crippen molar-refractivity contribution in [2.24, 2.45) is 0 Å². The van der Waals surface area contributed by atoms with Crippen molar-refractivity contribution in [3.05, 3.63) is 82.3 Å². The minimum atomic E-state index is -0.338. The lowest BCUT2D eigenvalue weighted by Gasteiger charge is -2.09. The second kappa shape index (κ2) is 10.4. The van der Waals surface area contributed by atoms with Gasteiger partial charge in [0, 0.05) is 27.4 Å². The molecule has 0 saturated carbocycles. The van der Waals surface area contributed by atoms with Crippen LogP contribution in [0.2, 0.25) is 10.0 Å². The molecule has 3 aromatic rings. The van der Waals surface area contributed by atoms with E-state index in [4.69, 9.17) is 27.9 Å². The molecule has 0 unspecified atom stereocenters. The highest BCUT2D eigenvalue weighted by Crippen LogP contribution is 2.25. The number of hydrogen-bond acceptors (Lipinski definition) is 4. The number of halogens is 2. The molecule has 3 rings (SSSR count). The van der Waals surface area contributed by atoms with Crippen LogP contribution in [-0.4, -0.2) is 24.7 Å². The maximum Gasteiger partial charge on any atom is 0.257 e. The van der Waals surface area contributed by atoms with Gasteiger partial charge in [-0.3, -0.25) is 9.59 Å². The number of nitrogens with one attached hydrogen (secondary N) is 2. The van der Waals surface area contributed by atoms with E-state index in [1.54, 1.807) is 61.7 Å². The maximum absolute atomic E-state index is 12.5. The number of anilines is 2. The van der Waals surface area contributed by atoms with Crippen LogP contribution in [0.25, 0.3) is 0 Å². The summed E-state index contributed by atoms with van der Waals surface area (Å²) in [6.07, 6.45) is 0. The number of rotatable bonds is 7. The first-order valence-electron chi connectivity index (χ1n) is 8.88. The normalized spacial score (nSPS) is 10.4. The van der Waals surface area contributed by atoms with Crippen molar-refractivity contribution in [2.75, 3.05) is 23.5 Å². The SMILES string of the molecule is COc1cccc(NC(=O)CSc2cccc(NC(=O)c3ccc(Cl)cc3Cl)c2)c1. The number of amides is 2. The Morgan fingerprint density at radius 3 is 2.40 bits per heavy atom. The molecule has 0 fully saturated rings. The third-order valence-electron chi connectivity index (χ3n) is 3.99. The Bertz CT molecular complexity index is 1080. The standard InChI is InChI=1S/C22H18Cl2N2O3S/c1-29-17-6-2-4-15(11-17)25-21(27)13-30-18-7-3-5-16(12-18)26-22(28)19-9-8-14(23)10-20(19)24/h2-12H,13H2,1H3,(H,25,27)(H,26,28). The van der Waals surface area contributed by atoms with Crippen LogP contribution in [0.4, 0.5) is 11.4 Å². The highest BCUT2D eigenvalue weighted by molar-refractivity contribution is 8.00. The molecule has 0 heterocycles. The molecular formula is C22H18Cl2N2O3S. The Morgan fingerprint density at radius 2 is 1.67 bits per heavy atom. The Labute approximate surface area is 188 Å². The molecule has 0 aliphatic carbocycles. The molecule has 0 aliphatic heterocycles. The van der Waals surface area contributed by atoms with Crippen molar-refractivity contribution in [1.82, 2.24) is 0 Å². The van der Waals surface area contributed by atoms with Gasteiger partial charge in [-0.2, -0.15) is 0 Å². The van der Waals surface area contributed by atoms with Gasteiger partial charge in [0.25, 0.3) is 5.91 Å². The van der Waals surface area contributed by atoms with E-state index in [0.29, 0.717) is 27.7 Å². The van der Waals surface area contributed by atoms with E-state index < -0.39 is 0 Å². The van der Waals surface area contributed by atoms with E-state index in [2.05, 4.69) is 10.6 Å². The first-order valence-corrected chi connectivity index (χ1v) is 10.6. The lowest BCUT2D eigenvalue weighted by Crippen LogP contribution is -2.14. The van der Waals surface area contributed by atoms with Gasteiger partial charge in [-0.15, -0.1) is 11.8 Å². The quantitative estimate of drug-likeness (QED) is 0.425. The van der Waals surface area contributed by atoms with Crippen molar-refractivity contribution < 1.29 is 14.3 Å². The molecule has 5 nitrogen and oxygen atoms in total. The summed E-state index contributed by atoms with van der Waals surface area (Å²) in [6, 6.07) is 19.1. The molecule has 2 amide bonds. The van der Waals surface area contributed by atoms with Gasteiger partial charge in [0.15, 0.2) is 0 Å². The van der Waals surface area contributed by atoms with Crippen LogP contribution >= 0.6 is 35.0 Å². The van der Waals surface area contributed by atoms with E-state index in [-0.39, 0.29) is 22.6 Å². The summed E-state index contributed by atoms with van der Waals surface area (Å²) in [6.45, 7) is 0. The molecule has 30 heavy (non-hydrogen) atoms. The zero-order valence-electron chi connectivity index (χ0n) is 15.9. The van der Waals surface area contributed by atoms with Crippen molar-refractivity contribution in [2.45, 2.75) is 4.90 Å². The largest absolute Gasteiger partial charge is 0.497 e. The second-order valence-corrected chi connectivity index (χ2v) is 8.07. The van der Waals surface area contributed by atoms with E-state index in [0.717, 1.165) is 4.90 Å². The van der Waals surface area contributed by atoms with Gasteiger partial charge in [0.1, 0.15) is 5.75 Å². The lowest BCUT2D eigenvalue weighted by molar-refractivity contribution is -0.113. The average molecular weight is 461 g/mol. The number of thioether (sulfide) groups is 1. The molecule has 0 spiro atoms. The summed E-state index contributed by atoms with van der Waals surface area (Å²) in [5, 5.41) is 6.37. The summed E-state index contributed by atoms with van der Waals surface area (Å²) < 4.78 is 5.15. The summed E-state index contributed by atoms with van der Waals surface area (Å²) in [5.74, 6) is 0.410. The van der Waals surface area contributed by atoms with Gasteiger partial charge in [-0.05, 0) is 48.5 Å². The van der Waals surface area contributed by atoms with Crippen molar-refractivity contribution in [1.29, 1.82) is 0 Å². The lowest BCUT2D eigenvalue weighted by atomic mass is 10.2. The number of carbonyl (C=O) groups is 2. The number of benzene rings is 3. The molecule has 3 aromatic carbocycles. The molecule has 0 radical (unpaired) electrons. The highest BCUT2D eigenvalue weighted by Gasteiger charge is 2.12. The van der Waals surface area contributed by atoms with Crippen LogP contribution in [0.1, 0.15) is 10.4 Å². The predicted molar refractivity (Wildman–Crippen MR) is 123 cm³/mol. The van der Waals surface area contributed by atoms with Crippen molar-refractivity contribution in [3.63, 3.8) is 0 Å². The van der Waals surface area contributed by atoms with Crippen LogP contribution in [0.3, 0.4) is 0 Å². The summed E-state index contributed by atoms with van der Waals surface area (Å²) >= 11 is 13.3. The fraction of sp³-hybridized carbons (Fsp3) is 0.0909. The maximum atomic E-state index is 12.5. The molecule has 2 N–H and O–H groups in total. The Hall–Kier alpha value is -2.67. The van der Waals surface area contributed by atoms with Gasteiger partial charge in [0.05, 0.1) is 23.4 Å². The topological polar surface area (TPSA) is 67.4 Å². The minimum Gasteiger partial charge on any atom is -0.497 e. The zero-order valence-corrected chi connectivity index (χ0v) is 18.3. The Morgan fingerprint density at radius 1 is 0.933 bits per heavy atom. The molecule has 154 valence electrons. The third-order valence-corrected chi connectivity index (χ3v) is 5.53. The zero-order chi connectivity index (χ0) is 21.5. The van der Waals surface area contributed by atoms with Crippen LogP contribution in [0.15, 0.2) is 71.6 Å². The van der Waals surface area contributed by atoms with E-state index in [1.165, 1.54) is 17.8 Å². The molecule has 8 heteroatoms. The van der Waals surface area contributed by atoms with Gasteiger partial charge in [-0.1, -0.05) is 35.3 Å². The van der Waals surface area contributed by atoms with Crippen molar-refractivity contribution >= 4 is 58.2 Å². The van der Waals surface area contributed by atoms with Gasteiger partial charge < -0.3 is 15.4 Å².